The van der Waals surface area contributed by atoms with Gasteiger partial charge in [0.25, 0.3) is 0 Å². The Bertz CT molecular complexity index is 419. The molecule has 0 bridgehead atoms. The number of likely N-dealkylation sites (N-methyl/N-ethyl adjacent to an activating group) is 1. The number of nitrogens with one attached hydrogen (secondary N) is 2. The van der Waals surface area contributed by atoms with Crippen molar-refractivity contribution in [3.05, 3.63) is 19.4 Å². The Morgan fingerprint density at radius 2 is 2.41 bits per heavy atom. The van der Waals surface area contributed by atoms with Gasteiger partial charge < -0.3 is 5.32 Å². The Kier molecular flexibility index (Phi) is 4.43. The summed E-state index contributed by atoms with van der Waals surface area (Å²) in [6.07, 6.45) is 3.53. The first-order valence-corrected chi connectivity index (χ1v) is 7.77. The van der Waals surface area contributed by atoms with Crippen molar-refractivity contribution in [1.82, 2.24) is 10.6 Å². The molecule has 1 aliphatic rings. The van der Waals surface area contributed by atoms with Crippen molar-refractivity contribution in [2.24, 2.45) is 0 Å². The zero-order valence-electron chi connectivity index (χ0n) is 10.0. The van der Waals surface area contributed by atoms with E-state index < -0.39 is 0 Å². The smallest absolute Gasteiger partial charge is 0.236 e. The number of amides is 1. The van der Waals surface area contributed by atoms with E-state index in [4.69, 9.17) is 0 Å². The summed E-state index contributed by atoms with van der Waals surface area (Å²) in [6, 6.07) is 2.47. The molecule has 3 nitrogen and oxygen atoms in total. The third-order valence-electron chi connectivity index (χ3n) is 3.17. The van der Waals surface area contributed by atoms with Gasteiger partial charge in [0.2, 0.25) is 5.91 Å². The molecule has 2 unspecified atom stereocenters. The number of hydrogen-bond donors (Lipinski definition) is 2. The minimum absolute atomic E-state index is 0.0575. The molecule has 0 aliphatic heterocycles. The van der Waals surface area contributed by atoms with E-state index in [-0.39, 0.29) is 11.9 Å². The number of fused-ring (bicyclic) bond motifs is 1. The lowest BCUT2D eigenvalue weighted by Crippen LogP contribution is -2.42. The van der Waals surface area contributed by atoms with Crippen LogP contribution in [0.25, 0.3) is 0 Å². The molecule has 1 aliphatic carbocycles. The molecule has 1 aromatic rings. The van der Waals surface area contributed by atoms with Crippen LogP contribution in [0.1, 0.15) is 36.2 Å². The molecule has 0 saturated carbocycles. The molecule has 1 aromatic heterocycles. The Hall–Kier alpha value is -0.140. The summed E-state index contributed by atoms with van der Waals surface area (Å²) in [5.41, 5.74) is 1.40. The third kappa shape index (κ3) is 3.00. The van der Waals surface area contributed by atoms with Gasteiger partial charge in [-0.15, -0.1) is 11.3 Å². The summed E-state index contributed by atoms with van der Waals surface area (Å²) in [5.74, 6) is 0.0575. The van der Waals surface area contributed by atoms with Crippen LogP contribution in [-0.2, 0) is 11.2 Å². The number of carbonyl (C=O) groups excluding carboxylic acids is 1. The van der Waals surface area contributed by atoms with E-state index in [9.17, 15) is 4.79 Å². The summed E-state index contributed by atoms with van der Waals surface area (Å²) < 4.78 is 1.34. The monoisotopic (exact) mass is 364 g/mol. The maximum absolute atomic E-state index is 11.5. The minimum Gasteiger partial charge on any atom is -0.358 e. The molecule has 0 radical (unpaired) electrons. The highest BCUT2D eigenvalue weighted by atomic mass is 127. The van der Waals surface area contributed by atoms with Crippen molar-refractivity contribution in [3.63, 3.8) is 0 Å². The molecule has 2 N–H and O–H groups in total. The van der Waals surface area contributed by atoms with Crippen LogP contribution >= 0.6 is 33.9 Å². The number of rotatable bonds is 3. The van der Waals surface area contributed by atoms with Gasteiger partial charge in [0.1, 0.15) is 0 Å². The summed E-state index contributed by atoms with van der Waals surface area (Å²) in [7, 11) is 1.68. The molecule has 2 rings (SSSR count). The highest BCUT2D eigenvalue weighted by Gasteiger charge is 2.25. The number of carbonyl (C=O) groups is 1. The Balaban J connectivity index is 2.10. The summed E-state index contributed by atoms with van der Waals surface area (Å²) in [5, 5.41) is 6.11. The van der Waals surface area contributed by atoms with E-state index >= 15 is 0 Å². The number of thiophene rings is 1. The molecule has 0 fully saturated rings. The second-order valence-electron chi connectivity index (χ2n) is 4.38. The number of halogens is 1. The fourth-order valence-corrected chi connectivity index (χ4v) is 4.41. The minimum atomic E-state index is -0.131. The van der Waals surface area contributed by atoms with Crippen LogP contribution in [-0.4, -0.2) is 19.0 Å². The van der Waals surface area contributed by atoms with E-state index in [1.165, 1.54) is 26.2 Å². The highest BCUT2D eigenvalue weighted by molar-refractivity contribution is 14.1. The van der Waals surface area contributed by atoms with Crippen LogP contribution in [0.4, 0.5) is 0 Å². The van der Waals surface area contributed by atoms with Gasteiger partial charge in [-0.25, -0.2) is 0 Å². The van der Waals surface area contributed by atoms with Crippen molar-refractivity contribution >= 4 is 39.8 Å². The quantitative estimate of drug-likeness (QED) is 0.809. The third-order valence-corrected chi connectivity index (χ3v) is 5.15. The lowest BCUT2D eigenvalue weighted by molar-refractivity contribution is -0.122. The molecule has 1 amide bonds. The van der Waals surface area contributed by atoms with Crippen molar-refractivity contribution in [2.45, 2.75) is 38.3 Å². The van der Waals surface area contributed by atoms with E-state index in [0.29, 0.717) is 6.04 Å². The van der Waals surface area contributed by atoms with Crippen molar-refractivity contribution in [2.75, 3.05) is 7.05 Å². The normalized spacial score (nSPS) is 20.8. The number of hydrogen-bond acceptors (Lipinski definition) is 3. The summed E-state index contributed by atoms with van der Waals surface area (Å²) in [4.78, 5) is 13.0. The van der Waals surface area contributed by atoms with Crippen LogP contribution in [0.5, 0.6) is 0 Å². The molecule has 0 aromatic carbocycles. The van der Waals surface area contributed by atoms with Gasteiger partial charge >= 0.3 is 0 Å². The molecule has 2 atom stereocenters. The van der Waals surface area contributed by atoms with Gasteiger partial charge in [0, 0.05) is 18.0 Å². The Morgan fingerprint density at radius 1 is 1.65 bits per heavy atom. The van der Waals surface area contributed by atoms with Crippen molar-refractivity contribution in [3.8, 4) is 0 Å². The molecule has 5 heteroatoms. The zero-order chi connectivity index (χ0) is 12.4. The highest BCUT2D eigenvalue weighted by Crippen LogP contribution is 2.36. The molecule has 17 heavy (non-hydrogen) atoms. The van der Waals surface area contributed by atoms with Crippen molar-refractivity contribution < 1.29 is 4.79 Å². The van der Waals surface area contributed by atoms with E-state index in [2.05, 4.69) is 39.3 Å². The van der Waals surface area contributed by atoms with Gasteiger partial charge in [-0.3, -0.25) is 10.1 Å². The first-order valence-electron chi connectivity index (χ1n) is 5.87. The first kappa shape index (κ1) is 13.3. The largest absolute Gasteiger partial charge is 0.358 e. The molecular formula is C12H17IN2OS. The fraction of sp³-hybridized carbons (Fsp3) is 0.583. The molecule has 0 saturated heterocycles. The van der Waals surface area contributed by atoms with Crippen molar-refractivity contribution in [1.29, 1.82) is 0 Å². The van der Waals surface area contributed by atoms with Gasteiger partial charge in [0.15, 0.2) is 0 Å². The Labute approximate surface area is 120 Å². The predicted octanol–water partition coefficient (Wildman–Crippen LogP) is 2.45. The zero-order valence-corrected chi connectivity index (χ0v) is 13.0. The molecule has 0 spiro atoms. The van der Waals surface area contributed by atoms with Gasteiger partial charge in [-0.05, 0) is 60.4 Å². The SMILES string of the molecule is CNC(=O)C(C)NC1CCCc2sc(I)cc21. The van der Waals surface area contributed by atoms with Crippen LogP contribution in [0.15, 0.2) is 6.07 Å². The lowest BCUT2D eigenvalue weighted by atomic mass is 9.93. The average molecular weight is 364 g/mol. The maximum Gasteiger partial charge on any atom is 0.236 e. The Morgan fingerprint density at radius 3 is 3.12 bits per heavy atom. The first-order chi connectivity index (χ1) is 8.11. The van der Waals surface area contributed by atoms with Gasteiger partial charge in [0.05, 0.1) is 8.93 Å². The van der Waals surface area contributed by atoms with Crippen LogP contribution in [0.2, 0.25) is 0 Å². The predicted molar refractivity (Wildman–Crippen MR) is 79.4 cm³/mol. The van der Waals surface area contributed by atoms with Gasteiger partial charge in [-0.2, -0.15) is 0 Å². The second-order valence-corrected chi connectivity index (χ2v) is 7.41. The maximum atomic E-state index is 11.5. The summed E-state index contributed by atoms with van der Waals surface area (Å²) >= 11 is 4.26. The van der Waals surface area contributed by atoms with E-state index in [1.54, 1.807) is 7.05 Å². The van der Waals surface area contributed by atoms with Gasteiger partial charge in [-0.1, -0.05) is 0 Å². The van der Waals surface area contributed by atoms with E-state index in [1.807, 2.05) is 18.3 Å². The van der Waals surface area contributed by atoms with Crippen LogP contribution in [0, 0.1) is 2.88 Å². The lowest BCUT2D eigenvalue weighted by Gasteiger charge is -2.26. The second kappa shape index (κ2) is 5.67. The fourth-order valence-electron chi connectivity index (χ4n) is 2.29. The van der Waals surface area contributed by atoms with E-state index in [0.717, 1.165) is 6.42 Å². The number of aryl methyl sites for hydroxylation is 1. The van der Waals surface area contributed by atoms with Crippen LogP contribution in [0.3, 0.4) is 0 Å². The standard InChI is InChI=1S/C12H17IN2OS/c1-7(12(16)14-2)15-9-4-3-5-10-8(9)6-11(13)17-10/h6-7,9,15H,3-5H2,1-2H3,(H,14,16). The van der Waals surface area contributed by atoms with Crippen LogP contribution < -0.4 is 10.6 Å². The molecular weight excluding hydrogens is 347 g/mol. The average Bonchev–Trinajstić information content (AvgIpc) is 2.69. The molecule has 94 valence electrons. The summed E-state index contributed by atoms with van der Waals surface area (Å²) in [6.45, 7) is 1.92. The molecule has 1 heterocycles. The topological polar surface area (TPSA) is 41.1 Å².